The van der Waals surface area contributed by atoms with Crippen LogP contribution in [0.15, 0.2) is 36.5 Å². The van der Waals surface area contributed by atoms with Gasteiger partial charge in [0.15, 0.2) is 0 Å². The maximum absolute atomic E-state index is 12.1. The third kappa shape index (κ3) is 3.68. The minimum Gasteiger partial charge on any atom is -0.435 e. The molecule has 0 aliphatic rings. The van der Waals surface area contributed by atoms with Crippen LogP contribution in [-0.2, 0) is 13.1 Å². The monoisotopic (exact) mass is 332 g/mol. The molecule has 5 nitrogen and oxygen atoms in total. The summed E-state index contributed by atoms with van der Waals surface area (Å²) in [7, 11) is 0. The van der Waals surface area contributed by atoms with E-state index in [1.807, 2.05) is 24.3 Å². The lowest BCUT2D eigenvalue weighted by molar-refractivity contribution is -0.0498. The zero-order valence-electron chi connectivity index (χ0n) is 13.5. The number of rotatable bonds is 6. The number of hydrogen-bond donors (Lipinski definition) is 1. The third-order valence-corrected chi connectivity index (χ3v) is 3.65. The summed E-state index contributed by atoms with van der Waals surface area (Å²) in [5.74, 6) is 0.852. The van der Waals surface area contributed by atoms with E-state index < -0.39 is 6.61 Å². The highest BCUT2D eigenvalue weighted by Gasteiger charge is 2.08. The fraction of sp³-hybridized carbons (Fsp3) is 0.294. The number of hydrogen-bond acceptors (Lipinski definition) is 4. The highest BCUT2D eigenvalue weighted by molar-refractivity contribution is 5.35. The fourth-order valence-electron chi connectivity index (χ4n) is 2.64. The predicted octanol–water partition coefficient (Wildman–Crippen LogP) is 3.24. The first kappa shape index (κ1) is 16.3. The average molecular weight is 332 g/mol. The Morgan fingerprint density at radius 1 is 1.17 bits per heavy atom. The van der Waals surface area contributed by atoms with Crippen molar-refractivity contribution in [2.24, 2.45) is 0 Å². The maximum atomic E-state index is 12.1. The molecule has 0 saturated carbocycles. The van der Waals surface area contributed by atoms with Crippen LogP contribution in [0.2, 0.25) is 0 Å². The number of ether oxygens (including phenoxy) is 1. The van der Waals surface area contributed by atoms with Crippen LogP contribution in [0, 0.1) is 13.8 Å². The molecule has 126 valence electrons. The number of nitrogens with zero attached hydrogens (tertiary/aromatic N) is 3. The fourth-order valence-corrected chi connectivity index (χ4v) is 2.64. The summed E-state index contributed by atoms with van der Waals surface area (Å²) in [5.41, 5.74) is 4.03. The molecule has 0 spiro atoms. The lowest BCUT2D eigenvalue weighted by Crippen LogP contribution is -2.15. The van der Waals surface area contributed by atoms with E-state index in [0.717, 1.165) is 22.6 Å². The van der Waals surface area contributed by atoms with Gasteiger partial charge in [0.1, 0.15) is 5.75 Å². The van der Waals surface area contributed by atoms with Crippen LogP contribution in [0.1, 0.15) is 22.6 Å². The molecule has 24 heavy (non-hydrogen) atoms. The summed E-state index contributed by atoms with van der Waals surface area (Å²) < 4.78 is 30.6. The average Bonchev–Trinajstić information content (AvgIpc) is 2.91. The van der Waals surface area contributed by atoms with Crippen molar-refractivity contribution in [3.8, 4) is 5.75 Å². The molecule has 1 aromatic carbocycles. The first-order valence-corrected chi connectivity index (χ1v) is 7.58. The van der Waals surface area contributed by atoms with Crippen LogP contribution in [0.4, 0.5) is 8.78 Å². The van der Waals surface area contributed by atoms with Gasteiger partial charge in [-0.15, -0.1) is 0 Å². The summed E-state index contributed by atoms with van der Waals surface area (Å²) in [4.78, 5) is 8.74. The topological polar surface area (TPSA) is 51.5 Å². The summed E-state index contributed by atoms with van der Waals surface area (Å²) >= 11 is 0. The summed E-state index contributed by atoms with van der Waals surface area (Å²) in [6.07, 6.45) is 1.81. The Bertz CT molecular complexity index is 830. The van der Waals surface area contributed by atoms with Crippen molar-refractivity contribution in [2.45, 2.75) is 33.5 Å². The zero-order chi connectivity index (χ0) is 17.1. The molecule has 0 aliphatic heterocycles. The second-order valence-electron chi connectivity index (χ2n) is 5.55. The molecule has 0 aliphatic carbocycles. The number of halogens is 2. The van der Waals surface area contributed by atoms with Crippen molar-refractivity contribution in [1.29, 1.82) is 0 Å². The minimum absolute atomic E-state index is 0.160. The van der Waals surface area contributed by atoms with Crippen LogP contribution < -0.4 is 10.1 Å². The summed E-state index contributed by atoms with van der Waals surface area (Å²) in [6, 6.07) is 8.60. The number of fused-ring (bicyclic) bond motifs is 1. The van der Waals surface area contributed by atoms with Gasteiger partial charge in [0.25, 0.3) is 0 Å². The largest absolute Gasteiger partial charge is 0.435 e. The van der Waals surface area contributed by atoms with Crippen molar-refractivity contribution < 1.29 is 13.5 Å². The third-order valence-electron chi connectivity index (χ3n) is 3.65. The Balaban J connectivity index is 1.62. The molecule has 2 aromatic heterocycles. The van der Waals surface area contributed by atoms with Gasteiger partial charge in [0, 0.05) is 24.5 Å². The maximum Gasteiger partial charge on any atom is 0.387 e. The van der Waals surface area contributed by atoms with E-state index in [-0.39, 0.29) is 5.75 Å². The molecule has 0 radical (unpaired) electrons. The molecule has 0 bridgehead atoms. The van der Waals surface area contributed by atoms with Crippen LogP contribution in [-0.4, -0.2) is 21.0 Å². The van der Waals surface area contributed by atoms with E-state index in [0.29, 0.717) is 18.9 Å². The Labute approximate surface area is 138 Å². The molecule has 0 amide bonds. The normalized spacial score (nSPS) is 11.4. The standard InChI is InChI=1S/C17H18F2N4O/c1-11-7-12(2)23-14(10-21-17(23)22-11)9-20-8-13-3-5-15(6-4-13)24-16(18)19/h3-7,10,16,20H,8-9H2,1-2H3. The van der Waals surface area contributed by atoms with E-state index >= 15 is 0 Å². The van der Waals surface area contributed by atoms with Gasteiger partial charge in [0.2, 0.25) is 5.78 Å². The zero-order valence-corrected chi connectivity index (χ0v) is 13.5. The minimum atomic E-state index is -2.80. The van der Waals surface area contributed by atoms with E-state index in [1.54, 1.807) is 18.3 Å². The Morgan fingerprint density at radius 2 is 1.92 bits per heavy atom. The number of imidazole rings is 1. The second-order valence-corrected chi connectivity index (χ2v) is 5.55. The van der Waals surface area contributed by atoms with E-state index in [1.165, 1.54) is 12.1 Å². The van der Waals surface area contributed by atoms with Gasteiger partial charge in [-0.3, -0.25) is 4.40 Å². The molecule has 7 heteroatoms. The van der Waals surface area contributed by atoms with Crippen molar-refractivity contribution in [3.63, 3.8) is 0 Å². The summed E-state index contributed by atoms with van der Waals surface area (Å²) in [5, 5.41) is 3.32. The van der Waals surface area contributed by atoms with Gasteiger partial charge in [-0.2, -0.15) is 8.78 Å². The Hall–Kier alpha value is -2.54. The molecular weight excluding hydrogens is 314 g/mol. The second kappa shape index (κ2) is 6.92. The van der Waals surface area contributed by atoms with Gasteiger partial charge in [-0.05, 0) is 37.6 Å². The van der Waals surface area contributed by atoms with Gasteiger partial charge in [-0.25, -0.2) is 9.97 Å². The SMILES string of the molecule is Cc1cc(C)n2c(CNCc3ccc(OC(F)F)cc3)cnc2n1. The molecule has 3 aromatic rings. The van der Waals surface area contributed by atoms with Gasteiger partial charge in [0.05, 0.1) is 11.9 Å². The molecule has 1 N–H and O–H groups in total. The lowest BCUT2D eigenvalue weighted by atomic mass is 10.2. The number of aryl methyl sites for hydroxylation is 2. The molecular formula is C17H18F2N4O. The van der Waals surface area contributed by atoms with Crippen LogP contribution in [0.25, 0.3) is 5.78 Å². The molecule has 3 rings (SSSR count). The lowest BCUT2D eigenvalue weighted by Gasteiger charge is -2.08. The van der Waals surface area contributed by atoms with Crippen LogP contribution in [0.3, 0.4) is 0 Å². The quantitative estimate of drug-likeness (QED) is 0.753. The molecule has 0 unspecified atom stereocenters. The van der Waals surface area contributed by atoms with Crippen LogP contribution in [0.5, 0.6) is 5.75 Å². The Kier molecular flexibility index (Phi) is 4.71. The highest BCUT2D eigenvalue weighted by atomic mass is 19.3. The van der Waals surface area contributed by atoms with Crippen molar-refractivity contribution >= 4 is 5.78 Å². The summed E-state index contributed by atoms with van der Waals surface area (Å²) in [6.45, 7) is 2.41. The predicted molar refractivity (Wildman–Crippen MR) is 86.1 cm³/mol. The van der Waals surface area contributed by atoms with E-state index in [2.05, 4.69) is 20.0 Å². The number of benzene rings is 1. The first-order chi connectivity index (χ1) is 11.5. The van der Waals surface area contributed by atoms with E-state index in [9.17, 15) is 8.78 Å². The molecule has 0 fully saturated rings. The van der Waals surface area contributed by atoms with E-state index in [4.69, 9.17) is 0 Å². The molecule has 2 heterocycles. The van der Waals surface area contributed by atoms with Crippen LogP contribution >= 0.6 is 0 Å². The van der Waals surface area contributed by atoms with Crippen molar-refractivity contribution in [3.05, 3.63) is 59.2 Å². The number of aromatic nitrogens is 3. The smallest absolute Gasteiger partial charge is 0.387 e. The number of nitrogens with one attached hydrogen (secondary N) is 1. The van der Waals surface area contributed by atoms with Crippen molar-refractivity contribution in [1.82, 2.24) is 19.7 Å². The highest BCUT2D eigenvalue weighted by Crippen LogP contribution is 2.15. The van der Waals surface area contributed by atoms with Gasteiger partial charge < -0.3 is 10.1 Å². The van der Waals surface area contributed by atoms with Gasteiger partial charge >= 0.3 is 6.61 Å². The number of alkyl halides is 2. The molecule has 0 atom stereocenters. The van der Waals surface area contributed by atoms with Gasteiger partial charge in [-0.1, -0.05) is 12.1 Å². The first-order valence-electron chi connectivity index (χ1n) is 7.58. The van der Waals surface area contributed by atoms with Crippen molar-refractivity contribution in [2.75, 3.05) is 0 Å². The molecule has 0 saturated heterocycles. The Morgan fingerprint density at radius 3 is 2.62 bits per heavy atom.